The lowest BCUT2D eigenvalue weighted by Crippen LogP contribution is -2.12. The van der Waals surface area contributed by atoms with E-state index in [4.69, 9.17) is 23.2 Å². The van der Waals surface area contributed by atoms with Gasteiger partial charge >= 0.3 is 0 Å². The lowest BCUT2D eigenvalue weighted by atomic mass is 10.0. The Labute approximate surface area is 141 Å². The van der Waals surface area contributed by atoms with Crippen LogP contribution in [-0.4, -0.2) is 5.91 Å². The second-order valence-electron chi connectivity index (χ2n) is 5.57. The summed E-state index contributed by atoms with van der Waals surface area (Å²) in [7, 11) is 0. The number of carbonyl (C=O) groups is 1. The molecule has 0 atom stereocenters. The average molecular weight is 336 g/mol. The zero-order valence-corrected chi connectivity index (χ0v) is 14.2. The van der Waals surface area contributed by atoms with E-state index in [-0.39, 0.29) is 5.91 Å². The number of anilines is 1. The van der Waals surface area contributed by atoms with E-state index < -0.39 is 0 Å². The van der Waals surface area contributed by atoms with E-state index in [1.807, 2.05) is 0 Å². The van der Waals surface area contributed by atoms with Crippen LogP contribution in [0.4, 0.5) is 5.69 Å². The van der Waals surface area contributed by atoms with Crippen LogP contribution in [0.3, 0.4) is 0 Å². The van der Waals surface area contributed by atoms with E-state index in [9.17, 15) is 4.79 Å². The van der Waals surface area contributed by atoms with Gasteiger partial charge in [-0.3, -0.25) is 4.79 Å². The highest BCUT2D eigenvalue weighted by Crippen LogP contribution is 2.25. The quantitative estimate of drug-likeness (QED) is 0.747. The van der Waals surface area contributed by atoms with E-state index in [2.05, 4.69) is 43.4 Å². The molecule has 0 aromatic heterocycles. The molecule has 1 N–H and O–H groups in total. The Bertz CT molecular complexity index is 651. The summed E-state index contributed by atoms with van der Waals surface area (Å²) in [5.41, 5.74) is 3.05. The summed E-state index contributed by atoms with van der Waals surface area (Å²) in [4.78, 5) is 12.0. The van der Waals surface area contributed by atoms with E-state index in [0.717, 1.165) is 5.56 Å². The number of hydrogen-bond acceptors (Lipinski definition) is 1. The van der Waals surface area contributed by atoms with Gasteiger partial charge in [0.1, 0.15) is 0 Å². The van der Waals surface area contributed by atoms with Crippen LogP contribution in [0.25, 0.3) is 0 Å². The van der Waals surface area contributed by atoms with Gasteiger partial charge in [0.05, 0.1) is 10.7 Å². The first kappa shape index (κ1) is 16.9. The van der Waals surface area contributed by atoms with Crippen molar-refractivity contribution in [1.29, 1.82) is 0 Å². The van der Waals surface area contributed by atoms with Gasteiger partial charge in [0.25, 0.3) is 0 Å². The maximum absolute atomic E-state index is 12.0. The highest BCUT2D eigenvalue weighted by molar-refractivity contribution is 6.36. The standard InChI is InChI=1S/C18H19Cl2NO/c1-12(2)14-6-3-13(4-7-14)5-10-18(22)21-17-9-8-15(19)11-16(17)20/h3-4,6-9,11-12H,5,10H2,1-2H3,(H,21,22). The molecule has 2 aromatic rings. The minimum Gasteiger partial charge on any atom is -0.325 e. The summed E-state index contributed by atoms with van der Waals surface area (Å²) in [6.45, 7) is 4.33. The van der Waals surface area contributed by atoms with Crippen molar-refractivity contribution in [3.8, 4) is 0 Å². The molecule has 0 aliphatic heterocycles. The lowest BCUT2D eigenvalue weighted by Gasteiger charge is -2.09. The maximum atomic E-state index is 12.0. The van der Waals surface area contributed by atoms with Crippen molar-refractivity contribution in [2.45, 2.75) is 32.6 Å². The average Bonchev–Trinajstić information content (AvgIpc) is 2.48. The zero-order chi connectivity index (χ0) is 16.1. The van der Waals surface area contributed by atoms with Crippen LogP contribution >= 0.6 is 23.2 Å². The molecule has 2 nitrogen and oxygen atoms in total. The summed E-state index contributed by atoms with van der Waals surface area (Å²) < 4.78 is 0. The van der Waals surface area contributed by atoms with Gasteiger partial charge in [-0.2, -0.15) is 0 Å². The first-order valence-corrected chi connectivity index (χ1v) is 8.05. The van der Waals surface area contributed by atoms with Gasteiger partial charge in [-0.1, -0.05) is 61.3 Å². The Hall–Kier alpha value is -1.51. The van der Waals surface area contributed by atoms with Crippen LogP contribution in [-0.2, 0) is 11.2 Å². The maximum Gasteiger partial charge on any atom is 0.224 e. The van der Waals surface area contributed by atoms with Gasteiger partial charge in [-0.25, -0.2) is 0 Å². The highest BCUT2D eigenvalue weighted by Gasteiger charge is 2.07. The molecule has 0 unspecified atom stereocenters. The predicted octanol–water partition coefficient (Wildman–Crippen LogP) is 5.69. The van der Waals surface area contributed by atoms with E-state index in [0.29, 0.717) is 34.5 Å². The predicted molar refractivity (Wildman–Crippen MR) is 93.9 cm³/mol. The minimum atomic E-state index is -0.0582. The van der Waals surface area contributed by atoms with Gasteiger partial charge in [0, 0.05) is 11.4 Å². The number of amides is 1. The Kier molecular flexibility index (Phi) is 5.87. The van der Waals surface area contributed by atoms with Crippen molar-refractivity contribution < 1.29 is 4.79 Å². The second-order valence-corrected chi connectivity index (χ2v) is 6.41. The van der Waals surface area contributed by atoms with E-state index in [1.54, 1.807) is 18.2 Å². The van der Waals surface area contributed by atoms with Gasteiger partial charge in [-0.05, 0) is 41.7 Å². The number of hydrogen-bond donors (Lipinski definition) is 1. The van der Waals surface area contributed by atoms with E-state index >= 15 is 0 Å². The third-order valence-electron chi connectivity index (χ3n) is 3.49. The number of nitrogens with one attached hydrogen (secondary N) is 1. The molecule has 0 heterocycles. The largest absolute Gasteiger partial charge is 0.325 e. The Morgan fingerprint density at radius 1 is 1.09 bits per heavy atom. The van der Waals surface area contributed by atoms with Crippen molar-refractivity contribution in [2.24, 2.45) is 0 Å². The molecule has 0 spiro atoms. The van der Waals surface area contributed by atoms with E-state index in [1.165, 1.54) is 5.56 Å². The van der Waals surface area contributed by atoms with Gasteiger partial charge in [0.2, 0.25) is 5.91 Å². The van der Waals surface area contributed by atoms with Crippen LogP contribution in [0.15, 0.2) is 42.5 Å². The summed E-state index contributed by atoms with van der Waals surface area (Å²) in [5, 5.41) is 3.80. The SMILES string of the molecule is CC(C)c1ccc(CCC(=O)Nc2ccc(Cl)cc2Cl)cc1. The van der Waals surface area contributed by atoms with Crippen LogP contribution in [0.5, 0.6) is 0 Å². The van der Waals surface area contributed by atoms with Crippen LogP contribution < -0.4 is 5.32 Å². The highest BCUT2D eigenvalue weighted by atomic mass is 35.5. The van der Waals surface area contributed by atoms with Crippen LogP contribution in [0.1, 0.15) is 37.3 Å². The van der Waals surface area contributed by atoms with Gasteiger partial charge in [0.15, 0.2) is 0 Å². The summed E-state index contributed by atoms with van der Waals surface area (Å²) in [6, 6.07) is 13.4. The molecule has 0 saturated carbocycles. The smallest absolute Gasteiger partial charge is 0.224 e. The number of carbonyl (C=O) groups excluding carboxylic acids is 1. The molecule has 0 saturated heterocycles. The van der Waals surface area contributed by atoms with Gasteiger partial charge in [-0.15, -0.1) is 0 Å². The molecular formula is C18H19Cl2NO. The number of halogens is 2. The molecule has 22 heavy (non-hydrogen) atoms. The van der Waals surface area contributed by atoms with Crippen molar-refractivity contribution in [3.05, 3.63) is 63.6 Å². The third-order valence-corrected chi connectivity index (χ3v) is 4.04. The fraction of sp³-hybridized carbons (Fsp3) is 0.278. The Morgan fingerprint density at radius 3 is 2.36 bits per heavy atom. The molecule has 0 aliphatic rings. The van der Waals surface area contributed by atoms with Crippen LogP contribution in [0.2, 0.25) is 10.0 Å². The number of rotatable bonds is 5. The van der Waals surface area contributed by atoms with Crippen molar-refractivity contribution >= 4 is 34.8 Å². The van der Waals surface area contributed by atoms with Crippen molar-refractivity contribution in [1.82, 2.24) is 0 Å². The number of aryl methyl sites for hydroxylation is 1. The summed E-state index contributed by atoms with van der Waals surface area (Å²) >= 11 is 11.9. The molecule has 2 rings (SSSR count). The molecule has 1 amide bonds. The molecular weight excluding hydrogens is 317 g/mol. The molecule has 2 aromatic carbocycles. The summed E-state index contributed by atoms with van der Waals surface area (Å²) in [5.74, 6) is 0.460. The third kappa shape index (κ3) is 4.75. The van der Waals surface area contributed by atoms with Crippen molar-refractivity contribution in [3.63, 3.8) is 0 Å². The normalized spacial score (nSPS) is 10.8. The fourth-order valence-corrected chi connectivity index (χ4v) is 2.59. The number of benzene rings is 2. The van der Waals surface area contributed by atoms with Gasteiger partial charge < -0.3 is 5.32 Å². The molecule has 116 valence electrons. The summed E-state index contributed by atoms with van der Waals surface area (Å²) in [6.07, 6.45) is 1.12. The fourth-order valence-electron chi connectivity index (χ4n) is 2.13. The minimum absolute atomic E-state index is 0.0582. The second kappa shape index (κ2) is 7.66. The van der Waals surface area contributed by atoms with Crippen molar-refractivity contribution in [2.75, 3.05) is 5.32 Å². The first-order chi connectivity index (χ1) is 10.5. The molecule has 4 heteroatoms. The van der Waals surface area contributed by atoms with Crippen LogP contribution in [0, 0.1) is 0 Å². The topological polar surface area (TPSA) is 29.1 Å². The monoisotopic (exact) mass is 335 g/mol. The molecule has 0 aliphatic carbocycles. The lowest BCUT2D eigenvalue weighted by molar-refractivity contribution is -0.116. The Balaban J connectivity index is 1.89. The Morgan fingerprint density at radius 2 is 1.77 bits per heavy atom. The molecule has 0 fully saturated rings. The molecule has 0 bridgehead atoms. The zero-order valence-electron chi connectivity index (χ0n) is 12.7. The molecule has 0 radical (unpaired) electrons. The first-order valence-electron chi connectivity index (χ1n) is 7.29.